The van der Waals surface area contributed by atoms with E-state index in [1.807, 2.05) is 18.0 Å². The van der Waals surface area contributed by atoms with E-state index in [0.717, 1.165) is 42.5 Å². The summed E-state index contributed by atoms with van der Waals surface area (Å²) in [6.45, 7) is 11.0. The Kier molecular flexibility index (Phi) is 6.08. The van der Waals surface area contributed by atoms with E-state index in [-0.39, 0.29) is 11.2 Å². The van der Waals surface area contributed by atoms with E-state index in [9.17, 15) is 4.39 Å². The molecule has 1 N–H and O–H groups in total. The smallest absolute Gasteiger partial charge is 0.123 e. The quantitative estimate of drug-likeness (QED) is 0.598. The second-order valence-electron chi connectivity index (χ2n) is 8.51. The predicted octanol–water partition coefficient (Wildman–Crippen LogP) is 5.10. The van der Waals surface area contributed by atoms with Gasteiger partial charge in [-0.3, -0.25) is 0 Å². The zero-order valence-electron chi connectivity index (χ0n) is 18.3. The second kappa shape index (κ2) is 8.77. The Bertz CT molecular complexity index is 1080. The molecule has 1 unspecified atom stereocenters. The molecule has 1 aromatic heterocycles. The molecule has 5 rings (SSSR count). The second-order valence-corrected chi connectivity index (χ2v) is 8.51. The van der Waals surface area contributed by atoms with E-state index in [2.05, 4.69) is 42.6 Å². The van der Waals surface area contributed by atoms with Gasteiger partial charge >= 0.3 is 0 Å². The van der Waals surface area contributed by atoms with Crippen molar-refractivity contribution in [1.29, 1.82) is 0 Å². The first kappa shape index (κ1) is 21.5. The lowest BCUT2D eigenvalue weighted by atomic mass is 9.72. The maximum absolute atomic E-state index is 13.3. The summed E-state index contributed by atoms with van der Waals surface area (Å²) in [6.07, 6.45) is 7.72. The van der Waals surface area contributed by atoms with Crippen LogP contribution >= 0.6 is 0 Å². The Morgan fingerprint density at radius 2 is 1.97 bits per heavy atom. The Labute approximate surface area is 183 Å². The van der Waals surface area contributed by atoms with Crippen molar-refractivity contribution in [2.75, 3.05) is 20.2 Å². The molecular formula is C26H30FN3O. The fraction of sp³-hybridized carbons (Fsp3) is 0.346. The molecule has 3 atom stereocenters. The van der Waals surface area contributed by atoms with Gasteiger partial charge in [-0.15, -0.1) is 0 Å². The monoisotopic (exact) mass is 419 g/mol. The number of hydrogen-bond donors (Lipinski definition) is 1. The van der Waals surface area contributed by atoms with Crippen molar-refractivity contribution in [3.63, 3.8) is 0 Å². The summed E-state index contributed by atoms with van der Waals surface area (Å²) in [5.74, 6) is 0.382. The standard InChI is InChI=1S/C22H24FN3O.C4H6/c1-14-7-21-15(11-25-26(21)18-5-3-17(23)4-6-18)8-20(14)22-10-19(27-2)9-16(22)12-24-13-22;1-3-4-2/h3-8,11,16,19,24H,9-10,12-13H2,1-2H3;3-4H,1-2H2/t16-,19?,22-;/m0./s1. The molecule has 162 valence electrons. The van der Waals surface area contributed by atoms with Crippen LogP contribution in [0.5, 0.6) is 0 Å². The third-order valence-electron chi connectivity index (χ3n) is 6.77. The average Bonchev–Trinajstić information content (AvgIpc) is 3.46. The number of allylic oxidation sites excluding steroid dienone is 2. The molecule has 31 heavy (non-hydrogen) atoms. The van der Waals surface area contributed by atoms with Gasteiger partial charge in [-0.2, -0.15) is 5.10 Å². The van der Waals surface area contributed by atoms with E-state index in [1.54, 1.807) is 24.3 Å². The number of halogens is 1. The number of benzene rings is 2. The van der Waals surface area contributed by atoms with Crippen LogP contribution in [0.4, 0.5) is 4.39 Å². The Morgan fingerprint density at radius 1 is 1.23 bits per heavy atom. The van der Waals surface area contributed by atoms with Crippen LogP contribution in [0.2, 0.25) is 0 Å². The molecule has 1 saturated carbocycles. The largest absolute Gasteiger partial charge is 0.381 e. The highest BCUT2D eigenvalue weighted by molar-refractivity contribution is 5.82. The van der Waals surface area contributed by atoms with Gasteiger partial charge in [-0.05, 0) is 79.8 Å². The van der Waals surface area contributed by atoms with E-state index >= 15 is 0 Å². The molecule has 1 aliphatic carbocycles. The third-order valence-corrected chi connectivity index (χ3v) is 6.77. The highest BCUT2D eigenvalue weighted by Crippen LogP contribution is 2.50. The van der Waals surface area contributed by atoms with Crippen molar-refractivity contribution < 1.29 is 9.13 Å². The van der Waals surface area contributed by atoms with Crippen LogP contribution in [0.1, 0.15) is 24.0 Å². The molecule has 2 aliphatic rings. The summed E-state index contributed by atoms with van der Waals surface area (Å²) in [6, 6.07) is 11.0. The first-order valence-corrected chi connectivity index (χ1v) is 10.7. The SMILES string of the molecule is C=CC=C.COC1C[C@H]2CNC[C@@]2(c2cc3cnn(-c4ccc(F)cc4)c3cc2C)C1. The maximum atomic E-state index is 13.3. The molecule has 2 heterocycles. The van der Waals surface area contributed by atoms with Gasteiger partial charge in [0.15, 0.2) is 0 Å². The lowest BCUT2D eigenvalue weighted by Crippen LogP contribution is -2.32. The predicted molar refractivity (Wildman–Crippen MR) is 124 cm³/mol. The number of nitrogens with zero attached hydrogens (tertiary/aromatic N) is 2. The van der Waals surface area contributed by atoms with Crippen molar-refractivity contribution in [3.8, 4) is 5.69 Å². The van der Waals surface area contributed by atoms with Crippen LogP contribution in [-0.2, 0) is 10.2 Å². The Hall–Kier alpha value is -2.76. The minimum Gasteiger partial charge on any atom is -0.381 e. The summed E-state index contributed by atoms with van der Waals surface area (Å²) >= 11 is 0. The summed E-state index contributed by atoms with van der Waals surface area (Å²) in [7, 11) is 1.83. The van der Waals surface area contributed by atoms with Crippen LogP contribution in [0.3, 0.4) is 0 Å². The van der Waals surface area contributed by atoms with Crippen molar-refractivity contribution in [2.24, 2.45) is 5.92 Å². The number of ether oxygens (including phenoxy) is 1. The van der Waals surface area contributed by atoms with Crippen molar-refractivity contribution in [2.45, 2.75) is 31.3 Å². The van der Waals surface area contributed by atoms with Gasteiger partial charge in [0.1, 0.15) is 5.82 Å². The molecule has 5 heteroatoms. The summed E-state index contributed by atoms with van der Waals surface area (Å²) < 4.78 is 20.9. The number of fused-ring (bicyclic) bond motifs is 2. The lowest BCUT2D eigenvalue weighted by Gasteiger charge is -2.31. The molecule has 2 fully saturated rings. The Balaban J connectivity index is 0.000000535. The molecule has 0 amide bonds. The molecule has 1 aliphatic heterocycles. The van der Waals surface area contributed by atoms with Crippen LogP contribution < -0.4 is 5.32 Å². The Morgan fingerprint density at radius 3 is 2.65 bits per heavy atom. The molecule has 2 aromatic carbocycles. The summed E-state index contributed by atoms with van der Waals surface area (Å²) in [4.78, 5) is 0. The molecule has 4 nitrogen and oxygen atoms in total. The van der Waals surface area contributed by atoms with E-state index < -0.39 is 0 Å². The number of aromatic nitrogens is 2. The maximum Gasteiger partial charge on any atom is 0.123 e. The fourth-order valence-electron chi connectivity index (χ4n) is 5.27. The van der Waals surface area contributed by atoms with E-state index in [4.69, 9.17) is 4.74 Å². The number of aryl methyl sites for hydroxylation is 1. The minimum atomic E-state index is -0.235. The zero-order chi connectivity index (χ0) is 22.0. The van der Waals surface area contributed by atoms with Crippen LogP contribution in [0.25, 0.3) is 16.6 Å². The molecule has 0 spiro atoms. The molecular weight excluding hydrogens is 389 g/mol. The average molecular weight is 420 g/mol. The topological polar surface area (TPSA) is 39.1 Å². The molecule has 0 bridgehead atoms. The van der Waals surface area contributed by atoms with Gasteiger partial charge in [-0.1, -0.05) is 25.3 Å². The van der Waals surface area contributed by atoms with Crippen LogP contribution in [0.15, 0.2) is 67.9 Å². The van der Waals surface area contributed by atoms with Gasteiger partial charge in [0.25, 0.3) is 0 Å². The zero-order valence-corrected chi connectivity index (χ0v) is 18.3. The van der Waals surface area contributed by atoms with E-state index in [0.29, 0.717) is 12.0 Å². The highest BCUT2D eigenvalue weighted by Gasteiger charge is 2.52. The van der Waals surface area contributed by atoms with E-state index in [1.165, 1.54) is 23.3 Å². The van der Waals surface area contributed by atoms with Crippen LogP contribution in [-0.4, -0.2) is 36.1 Å². The van der Waals surface area contributed by atoms with Crippen LogP contribution in [0, 0.1) is 18.7 Å². The molecule has 0 radical (unpaired) electrons. The van der Waals surface area contributed by atoms with Gasteiger partial charge in [0.05, 0.1) is 23.5 Å². The van der Waals surface area contributed by atoms with Crippen molar-refractivity contribution in [1.82, 2.24) is 15.1 Å². The van der Waals surface area contributed by atoms with Crippen molar-refractivity contribution in [3.05, 3.63) is 84.8 Å². The van der Waals surface area contributed by atoms with Gasteiger partial charge in [0.2, 0.25) is 0 Å². The van der Waals surface area contributed by atoms with Gasteiger partial charge in [0, 0.05) is 24.5 Å². The van der Waals surface area contributed by atoms with Gasteiger partial charge in [-0.25, -0.2) is 9.07 Å². The molecule has 1 saturated heterocycles. The normalized spacial score (nSPS) is 24.5. The van der Waals surface area contributed by atoms with Crippen molar-refractivity contribution >= 4 is 10.9 Å². The number of rotatable bonds is 4. The number of methoxy groups -OCH3 is 1. The third kappa shape index (κ3) is 3.84. The minimum absolute atomic E-state index is 0.150. The fourth-order valence-corrected chi connectivity index (χ4v) is 5.27. The highest BCUT2D eigenvalue weighted by atomic mass is 19.1. The lowest BCUT2D eigenvalue weighted by molar-refractivity contribution is 0.100. The number of nitrogens with one attached hydrogen (secondary N) is 1. The summed E-state index contributed by atoms with van der Waals surface area (Å²) in [5.41, 5.74) is 4.79. The van der Waals surface area contributed by atoms with Gasteiger partial charge < -0.3 is 10.1 Å². The first-order valence-electron chi connectivity index (χ1n) is 10.7. The molecule has 3 aromatic rings. The number of hydrogen-bond acceptors (Lipinski definition) is 3. The summed E-state index contributed by atoms with van der Waals surface area (Å²) in [5, 5.41) is 9.31. The first-order chi connectivity index (χ1) is 15.0.